The van der Waals surface area contributed by atoms with E-state index in [2.05, 4.69) is 34.3 Å². The Morgan fingerprint density at radius 3 is 2.81 bits per heavy atom. The summed E-state index contributed by atoms with van der Waals surface area (Å²) < 4.78 is 16.2. The largest absolute Gasteiger partial charge is 0.393 e. The Bertz CT molecular complexity index is 1300. The average Bonchev–Trinajstić information content (AvgIpc) is 3.23. The number of hydrogen-bond donors (Lipinski definition) is 3. The maximum absolute atomic E-state index is 14.2. The van der Waals surface area contributed by atoms with Crippen LogP contribution in [0.5, 0.6) is 0 Å². The molecule has 3 aromatic rings. The molecular weight excluding hydrogens is 463 g/mol. The number of rotatable bonds is 5. The number of amides is 2. The Labute approximate surface area is 208 Å². The highest BCUT2D eigenvalue weighted by molar-refractivity contribution is 5.96. The summed E-state index contributed by atoms with van der Waals surface area (Å²) in [5, 5.41) is 25.9. The molecule has 1 saturated carbocycles. The highest BCUT2D eigenvalue weighted by atomic mass is 19.1. The molecule has 3 fully saturated rings. The molecule has 3 aromatic heterocycles. The van der Waals surface area contributed by atoms with Gasteiger partial charge in [-0.1, -0.05) is 13.8 Å². The number of hydrogen-bond acceptors (Lipinski definition) is 6. The summed E-state index contributed by atoms with van der Waals surface area (Å²) in [5.74, 6) is 1.13. The molecule has 1 atom stereocenters. The van der Waals surface area contributed by atoms with E-state index in [0.29, 0.717) is 55.5 Å². The number of alkyl halides is 1. The molecule has 0 bridgehead atoms. The van der Waals surface area contributed by atoms with Crippen molar-refractivity contribution in [3.05, 3.63) is 18.5 Å². The van der Waals surface area contributed by atoms with E-state index in [1.165, 1.54) is 0 Å². The number of urea groups is 1. The first-order valence-corrected chi connectivity index (χ1v) is 12.7. The van der Waals surface area contributed by atoms with Gasteiger partial charge in [-0.3, -0.25) is 14.8 Å². The minimum absolute atomic E-state index is 0.178. The van der Waals surface area contributed by atoms with Gasteiger partial charge < -0.3 is 20.2 Å². The van der Waals surface area contributed by atoms with E-state index in [-0.39, 0.29) is 17.7 Å². The first kappa shape index (κ1) is 23.2. The van der Waals surface area contributed by atoms with Crippen molar-refractivity contribution in [1.29, 1.82) is 0 Å². The van der Waals surface area contributed by atoms with Crippen molar-refractivity contribution in [3.63, 3.8) is 0 Å². The fourth-order valence-corrected chi connectivity index (χ4v) is 5.67. The first-order chi connectivity index (χ1) is 17.1. The SMILES string of the molecule is CC(C)Cn1nc(N2CC(C)(F)C2)c2cnc(-c3[nH]ncc3NC(=O)N3CCC(O)CC34CC4)cc21. The molecule has 1 unspecified atom stereocenters. The standard InChI is InChI=1S/C25H33FN8O2/c1-15(2)12-34-20-8-18(27-10-17(20)22(31-34)32-13-24(3,26)14-32)21-19(11-28-30-21)29-23(36)33-7-4-16(35)9-25(33)5-6-25/h8,10-11,15-16,35H,4-7,9,12-14H2,1-3H3,(H,28,30)(H,29,36). The van der Waals surface area contributed by atoms with Crippen LogP contribution in [0.25, 0.3) is 22.3 Å². The van der Waals surface area contributed by atoms with Crippen LogP contribution in [-0.2, 0) is 6.54 Å². The summed E-state index contributed by atoms with van der Waals surface area (Å²) in [7, 11) is 0. The number of anilines is 2. The normalized spacial score (nSPS) is 22.3. The van der Waals surface area contributed by atoms with Gasteiger partial charge >= 0.3 is 6.03 Å². The van der Waals surface area contributed by atoms with E-state index >= 15 is 0 Å². The van der Waals surface area contributed by atoms with Crippen molar-refractivity contribution in [3.8, 4) is 11.4 Å². The maximum atomic E-state index is 14.2. The number of aliphatic hydroxyl groups excluding tert-OH is 1. The molecule has 3 aliphatic rings. The number of H-pyrrole nitrogens is 1. The van der Waals surface area contributed by atoms with Crippen LogP contribution in [0.3, 0.4) is 0 Å². The third-order valence-electron chi connectivity index (χ3n) is 7.58. The number of nitrogens with one attached hydrogen (secondary N) is 2. The maximum Gasteiger partial charge on any atom is 0.322 e. The smallest absolute Gasteiger partial charge is 0.322 e. The van der Waals surface area contributed by atoms with Crippen LogP contribution >= 0.6 is 0 Å². The second kappa shape index (κ2) is 8.16. The number of nitrogens with zero attached hydrogens (tertiary/aromatic N) is 6. The van der Waals surface area contributed by atoms with Crippen LogP contribution in [-0.4, -0.2) is 77.9 Å². The van der Waals surface area contributed by atoms with E-state index in [1.54, 1.807) is 19.3 Å². The quantitative estimate of drug-likeness (QED) is 0.498. The fraction of sp³-hybridized carbons (Fsp3) is 0.600. The number of piperidine rings is 1. The lowest BCUT2D eigenvalue weighted by molar-refractivity contribution is 0.0527. The third-order valence-corrected chi connectivity index (χ3v) is 7.58. The lowest BCUT2D eigenvalue weighted by Gasteiger charge is -2.42. The first-order valence-electron chi connectivity index (χ1n) is 12.7. The number of carbonyl (C=O) groups excluding carboxylic acids is 1. The molecule has 1 spiro atoms. The van der Waals surface area contributed by atoms with E-state index in [9.17, 15) is 14.3 Å². The van der Waals surface area contributed by atoms with E-state index < -0.39 is 5.67 Å². The highest BCUT2D eigenvalue weighted by Crippen LogP contribution is 2.48. The van der Waals surface area contributed by atoms with Gasteiger partial charge in [0.1, 0.15) is 11.4 Å². The van der Waals surface area contributed by atoms with Crippen LogP contribution in [0.15, 0.2) is 18.5 Å². The molecule has 36 heavy (non-hydrogen) atoms. The molecule has 6 rings (SSSR count). The monoisotopic (exact) mass is 496 g/mol. The zero-order valence-electron chi connectivity index (χ0n) is 21.0. The topological polar surface area (TPSA) is 115 Å². The molecule has 2 aliphatic heterocycles. The van der Waals surface area contributed by atoms with Gasteiger partial charge in [-0.25, -0.2) is 9.18 Å². The van der Waals surface area contributed by atoms with Crippen molar-refractivity contribution in [1.82, 2.24) is 29.9 Å². The number of aromatic nitrogens is 5. The van der Waals surface area contributed by atoms with Crippen LogP contribution < -0.4 is 10.2 Å². The number of aromatic amines is 1. The summed E-state index contributed by atoms with van der Waals surface area (Å²) in [4.78, 5) is 21.7. The van der Waals surface area contributed by atoms with Gasteiger partial charge in [-0.05, 0) is 44.6 Å². The number of aliphatic hydroxyl groups is 1. The van der Waals surface area contributed by atoms with Gasteiger partial charge in [0.2, 0.25) is 0 Å². The van der Waals surface area contributed by atoms with Gasteiger partial charge in [0, 0.05) is 24.8 Å². The van der Waals surface area contributed by atoms with Crippen LogP contribution in [0.2, 0.25) is 0 Å². The van der Waals surface area contributed by atoms with Crippen LogP contribution in [0.4, 0.5) is 20.7 Å². The summed E-state index contributed by atoms with van der Waals surface area (Å²) in [6.07, 6.45) is 6.10. The van der Waals surface area contributed by atoms with E-state index in [1.807, 2.05) is 20.5 Å². The Balaban J connectivity index is 1.29. The molecule has 1 aliphatic carbocycles. The Morgan fingerprint density at radius 2 is 2.11 bits per heavy atom. The minimum atomic E-state index is -1.20. The summed E-state index contributed by atoms with van der Waals surface area (Å²) in [6, 6.07) is 1.77. The Morgan fingerprint density at radius 1 is 1.33 bits per heavy atom. The van der Waals surface area contributed by atoms with Gasteiger partial charge in [-0.15, -0.1) is 0 Å². The lowest BCUT2D eigenvalue weighted by Crippen LogP contribution is -2.57. The number of pyridine rings is 1. The zero-order valence-corrected chi connectivity index (χ0v) is 21.0. The van der Waals surface area contributed by atoms with Gasteiger partial charge in [-0.2, -0.15) is 10.2 Å². The molecule has 0 aromatic carbocycles. The summed E-state index contributed by atoms with van der Waals surface area (Å²) in [6.45, 7) is 7.76. The van der Waals surface area contributed by atoms with Crippen LogP contribution in [0, 0.1) is 5.92 Å². The summed E-state index contributed by atoms with van der Waals surface area (Å²) in [5.41, 5.74) is 1.31. The third kappa shape index (κ3) is 3.99. The molecule has 11 heteroatoms. The Hall–Kier alpha value is -3.21. The summed E-state index contributed by atoms with van der Waals surface area (Å²) >= 11 is 0. The van der Waals surface area contributed by atoms with E-state index in [4.69, 9.17) is 5.10 Å². The van der Waals surface area contributed by atoms with Crippen molar-refractivity contribution in [2.45, 2.75) is 70.3 Å². The zero-order chi connectivity index (χ0) is 25.2. The molecule has 0 radical (unpaired) electrons. The van der Waals surface area contributed by atoms with Crippen LogP contribution in [0.1, 0.15) is 46.5 Å². The van der Waals surface area contributed by atoms with Crippen molar-refractivity contribution < 1.29 is 14.3 Å². The Kier molecular flexibility index (Phi) is 5.26. The predicted octanol–water partition coefficient (Wildman–Crippen LogP) is 3.55. The number of halogens is 1. The average molecular weight is 497 g/mol. The molecule has 5 heterocycles. The molecule has 192 valence electrons. The number of carbonyl (C=O) groups is 1. The van der Waals surface area contributed by atoms with Crippen molar-refractivity contribution >= 4 is 28.4 Å². The van der Waals surface area contributed by atoms with Crippen molar-refractivity contribution in [2.75, 3.05) is 29.9 Å². The van der Waals surface area contributed by atoms with Gasteiger partial charge in [0.25, 0.3) is 0 Å². The second-order valence-electron chi connectivity index (χ2n) is 11.4. The van der Waals surface area contributed by atoms with E-state index in [0.717, 1.165) is 36.1 Å². The second-order valence-corrected chi connectivity index (χ2v) is 11.4. The minimum Gasteiger partial charge on any atom is -0.393 e. The number of fused-ring (bicyclic) bond motifs is 1. The van der Waals surface area contributed by atoms with Gasteiger partial charge in [0.15, 0.2) is 5.82 Å². The highest BCUT2D eigenvalue weighted by Gasteiger charge is 2.53. The fourth-order valence-electron chi connectivity index (χ4n) is 5.67. The molecule has 2 saturated heterocycles. The number of likely N-dealkylation sites (tertiary alicyclic amines) is 1. The van der Waals surface area contributed by atoms with Gasteiger partial charge in [0.05, 0.1) is 47.7 Å². The molecule has 2 amide bonds. The van der Waals surface area contributed by atoms with Crippen molar-refractivity contribution in [2.24, 2.45) is 5.92 Å². The lowest BCUT2D eigenvalue weighted by atomic mass is 9.98. The molecular formula is C25H33FN8O2. The molecule has 3 N–H and O–H groups in total. The molecule has 10 nitrogen and oxygen atoms in total. The predicted molar refractivity (Wildman–Crippen MR) is 135 cm³/mol.